The van der Waals surface area contributed by atoms with Crippen LogP contribution in [0, 0.1) is 0 Å². The molecule has 6 rings (SSSR count). The first-order chi connectivity index (χ1) is 18.5. The Kier molecular flexibility index (Phi) is 6.50. The van der Waals surface area contributed by atoms with E-state index in [9.17, 15) is 15.0 Å². The van der Waals surface area contributed by atoms with Crippen LogP contribution >= 0.6 is 0 Å². The first kappa shape index (κ1) is 24.4. The van der Waals surface area contributed by atoms with E-state index >= 15 is 0 Å². The second-order valence-electron chi connectivity index (χ2n) is 9.49. The quantitative estimate of drug-likeness (QED) is 0.199. The lowest BCUT2D eigenvalue weighted by Crippen LogP contribution is -2.38. The summed E-state index contributed by atoms with van der Waals surface area (Å²) in [7, 11) is 0. The summed E-state index contributed by atoms with van der Waals surface area (Å²) in [6.07, 6.45) is -1.02. The van der Waals surface area contributed by atoms with Gasteiger partial charge in [-0.05, 0) is 22.3 Å². The molecule has 0 amide bonds. The van der Waals surface area contributed by atoms with Crippen molar-refractivity contribution < 1.29 is 24.5 Å². The highest BCUT2D eigenvalue weighted by Crippen LogP contribution is 2.44. The maximum atomic E-state index is 12.5. The second-order valence-corrected chi connectivity index (χ2v) is 9.49. The zero-order valence-electron chi connectivity index (χ0n) is 20.5. The van der Waals surface area contributed by atoms with Crippen LogP contribution in [0.3, 0.4) is 0 Å². The Morgan fingerprint density at radius 2 is 1.74 bits per heavy atom. The number of ether oxygens (including phenoxy) is 2. The van der Waals surface area contributed by atoms with E-state index in [1.807, 2.05) is 24.3 Å². The average Bonchev–Trinajstić information content (AvgIpc) is 3.59. The summed E-state index contributed by atoms with van der Waals surface area (Å²) >= 11 is 0. The minimum Gasteiger partial charge on any atom is -0.465 e. The third kappa shape index (κ3) is 4.29. The highest BCUT2D eigenvalue weighted by Gasteiger charge is 2.44. The lowest BCUT2D eigenvalue weighted by Gasteiger charge is -2.16. The van der Waals surface area contributed by atoms with Crippen molar-refractivity contribution in [2.24, 2.45) is 0 Å². The van der Waals surface area contributed by atoms with E-state index in [-0.39, 0.29) is 37.3 Å². The third-order valence-corrected chi connectivity index (χ3v) is 7.22. The third-order valence-electron chi connectivity index (χ3n) is 7.22. The zero-order chi connectivity index (χ0) is 26.2. The molecule has 2 aromatic heterocycles. The number of imidazole rings is 1. The first-order valence-electron chi connectivity index (χ1n) is 12.5. The second kappa shape index (κ2) is 10.1. The van der Waals surface area contributed by atoms with E-state index in [4.69, 9.17) is 15.2 Å². The Hall–Kier alpha value is -3.90. The van der Waals surface area contributed by atoms with Crippen LogP contribution in [0.5, 0.6) is 0 Å². The molecule has 11 nitrogen and oxygen atoms in total. The number of aliphatic hydroxyl groups excluding tert-OH is 2. The minimum absolute atomic E-state index is 0.0136. The summed E-state index contributed by atoms with van der Waals surface area (Å²) in [6.45, 7) is 0.842. The summed E-state index contributed by atoms with van der Waals surface area (Å²) < 4.78 is 13.1. The fourth-order valence-corrected chi connectivity index (χ4v) is 5.31. The molecule has 2 aliphatic rings. The van der Waals surface area contributed by atoms with Gasteiger partial charge in [0.1, 0.15) is 36.8 Å². The van der Waals surface area contributed by atoms with Crippen molar-refractivity contribution >= 4 is 23.0 Å². The number of nitrogens with two attached hydrogens (primary N) is 1. The molecule has 4 aromatic rings. The summed E-state index contributed by atoms with van der Waals surface area (Å²) in [5.74, 6) is -0.0831. The smallest absolute Gasteiger partial charge is 0.307 e. The summed E-state index contributed by atoms with van der Waals surface area (Å²) in [6, 6.07) is 16.4. The molecule has 0 saturated carbocycles. The molecular weight excluding hydrogens is 488 g/mol. The number of aliphatic hydroxyl groups is 2. The number of carbonyl (C=O) groups excluding carboxylic acids is 1. The molecule has 5 N–H and O–H groups in total. The first-order valence-corrected chi connectivity index (χ1v) is 12.5. The Morgan fingerprint density at radius 1 is 1.03 bits per heavy atom. The molecule has 0 spiro atoms. The highest BCUT2D eigenvalue weighted by atomic mass is 16.6. The number of carbonyl (C=O) groups is 1. The Balaban J connectivity index is 1.00. The molecule has 1 saturated heterocycles. The number of hydrogen-bond acceptors (Lipinski definition) is 10. The molecule has 196 valence electrons. The molecule has 0 bridgehead atoms. The summed E-state index contributed by atoms with van der Waals surface area (Å²) in [4.78, 5) is 24.7. The molecule has 38 heavy (non-hydrogen) atoms. The summed E-state index contributed by atoms with van der Waals surface area (Å²) in [5, 5.41) is 24.2. The number of aromatic nitrogens is 4. The van der Waals surface area contributed by atoms with Crippen LogP contribution in [-0.4, -0.2) is 73.7 Å². The molecule has 2 aromatic carbocycles. The van der Waals surface area contributed by atoms with Crippen LogP contribution in [0.25, 0.3) is 22.3 Å². The fourth-order valence-electron chi connectivity index (χ4n) is 5.31. The predicted molar refractivity (Wildman–Crippen MR) is 138 cm³/mol. The number of nitrogen functional groups attached to an aromatic ring is 1. The van der Waals surface area contributed by atoms with Crippen LogP contribution in [0.4, 0.5) is 5.82 Å². The van der Waals surface area contributed by atoms with Gasteiger partial charge in [0.2, 0.25) is 0 Å². The van der Waals surface area contributed by atoms with Crippen molar-refractivity contribution in [2.75, 3.05) is 25.4 Å². The molecule has 1 aliphatic carbocycles. The molecule has 4 atom stereocenters. The van der Waals surface area contributed by atoms with Crippen molar-refractivity contribution in [2.45, 2.75) is 36.9 Å². The van der Waals surface area contributed by atoms with Crippen LogP contribution < -0.4 is 11.1 Å². The molecule has 1 unspecified atom stereocenters. The molecule has 0 radical (unpaired) electrons. The number of anilines is 1. The van der Waals surface area contributed by atoms with E-state index in [1.165, 1.54) is 39.5 Å². The van der Waals surface area contributed by atoms with Gasteiger partial charge >= 0.3 is 5.97 Å². The largest absolute Gasteiger partial charge is 0.465 e. The number of nitrogens with one attached hydrogen (secondary N) is 1. The van der Waals surface area contributed by atoms with Crippen molar-refractivity contribution in [3.05, 3.63) is 72.3 Å². The number of esters is 1. The molecule has 1 fully saturated rings. The lowest BCUT2D eigenvalue weighted by molar-refractivity contribution is -0.143. The van der Waals surface area contributed by atoms with Crippen LogP contribution in [0.1, 0.15) is 29.7 Å². The van der Waals surface area contributed by atoms with Crippen molar-refractivity contribution in [3.63, 3.8) is 0 Å². The summed E-state index contributed by atoms with van der Waals surface area (Å²) in [5.41, 5.74) is 11.3. The van der Waals surface area contributed by atoms with Gasteiger partial charge in [-0.2, -0.15) is 0 Å². The van der Waals surface area contributed by atoms with E-state index < -0.39 is 24.5 Å². The number of rotatable bonds is 8. The van der Waals surface area contributed by atoms with E-state index in [2.05, 4.69) is 44.5 Å². The van der Waals surface area contributed by atoms with Crippen molar-refractivity contribution in [3.8, 4) is 11.1 Å². The number of hydrogen-bond donors (Lipinski definition) is 4. The van der Waals surface area contributed by atoms with Gasteiger partial charge < -0.3 is 30.7 Å². The standard InChI is InChI=1S/C27H28N6O5/c28-25-22-26(31-13-30-25)33(14-32-22)27-24(36)23(35)20(38-27)11-29-10-9-21(34)37-12-19-17-7-3-1-5-15(17)16-6-2-4-8-18(16)19/h1-8,13-14,19-20,23-24,27,29,35-36H,9-12H2,(H2,28,30,31)/t20-,23-,24-,27?/m1/s1. The predicted octanol–water partition coefficient (Wildman–Crippen LogP) is 1.36. The highest BCUT2D eigenvalue weighted by molar-refractivity contribution is 5.81. The molecular formula is C27H28N6O5. The van der Waals surface area contributed by atoms with Gasteiger partial charge in [-0.1, -0.05) is 48.5 Å². The molecule has 11 heteroatoms. The van der Waals surface area contributed by atoms with Gasteiger partial charge in [0.25, 0.3) is 0 Å². The van der Waals surface area contributed by atoms with E-state index in [1.54, 1.807) is 0 Å². The SMILES string of the molecule is Nc1ncnc2c1ncn2C1O[C@H](CNCCC(=O)OCC2c3ccccc3-c3ccccc32)[C@@H](O)[C@H]1O. The Labute approximate surface area is 218 Å². The van der Waals surface area contributed by atoms with E-state index in [0.29, 0.717) is 17.7 Å². The van der Waals surface area contributed by atoms with Crippen molar-refractivity contribution in [1.82, 2.24) is 24.8 Å². The molecule has 1 aliphatic heterocycles. The van der Waals surface area contributed by atoms with Gasteiger partial charge in [0, 0.05) is 19.0 Å². The molecule has 3 heterocycles. The van der Waals surface area contributed by atoms with Crippen LogP contribution in [-0.2, 0) is 14.3 Å². The van der Waals surface area contributed by atoms with Gasteiger partial charge in [-0.3, -0.25) is 9.36 Å². The van der Waals surface area contributed by atoms with Gasteiger partial charge in [0.15, 0.2) is 17.7 Å². The minimum atomic E-state index is -1.20. The fraction of sp³-hybridized carbons (Fsp3) is 0.333. The van der Waals surface area contributed by atoms with Crippen molar-refractivity contribution in [1.29, 1.82) is 0 Å². The number of benzene rings is 2. The number of nitrogens with zero attached hydrogens (tertiary/aromatic N) is 4. The van der Waals surface area contributed by atoms with Crippen LogP contribution in [0.2, 0.25) is 0 Å². The number of fused-ring (bicyclic) bond motifs is 4. The topological polar surface area (TPSA) is 158 Å². The monoisotopic (exact) mass is 516 g/mol. The maximum absolute atomic E-state index is 12.5. The average molecular weight is 517 g/mol. The maximum Gasteiger partial charge on any atom is 0.307 e. The van der Waals surface area contributed by atoms with Gasteiger partial charge in [0.05, 0.1) is 12.7 Å². The normalized spacial score (nSPS) is 22.5. The van der Waals surface area contributed by atoms with Crippen LogP contribution in [0.15, 0.2) is 61.2 Å². The van der Waals surface area contributed by atoms with E-state index in [0.717, 1.165) is 0 Å². The van der Waals surface area contributed by atoms with Gasteiger partial charge in [-0.25, -0.2) is 15.0 Å². The Morgan fingerprint density at radius 3 is 2.47 bits per heavy atom. The Bertz CT molecular complexity index is 1430. The zero-order valence-corrected chi connectivity index (χ0v) is 20.5. The van der Waals surface area contributed by atoms with Gasteiger partial charge in [-0.15, -0.1) is 0 Å². The lowest BCUT2D eigenvalue weighted by atomic mass is 9.98.